The van der Waals surface area contributed by atoms with Crippen molar-refractivity contribution in [2.24, 2.45) is 5.92 Å². The van der Waals surface area contributed by atoms with Crippen LogP contribution in [0.4, 0.5) is 5.69 Å². The predicted molar refractivity (Wildman–Crippen MR) is 68.7 cm³/mol. The molecule has 1 rings (SSSR count). The zero-order chi connectivity index (χ0) is 13.0. The predicted octanol–water partition coefficient (Wildman–Crippen LogP) is 3.10. The molecule has 0 bridgehead atoms. The molecule has 90 valence electrons. The first-order valence-corrected chi connectivity index (χ1v) is 5.71. The van der Waals surface area contributed by atoms with Crippen LogP contribution in [0.25, 0.3) is 0 Å². The molecule has 1 aromatic carbocycles. The summed E-state index contributed by atoms with van der Waals surface area (Å²) < 4.78 is 0. The molecule has 17 heavy (non-hydrogen) atoms. The van der Waals surface area contributed by atoms with E-state index in [-0.39, 0.29) is 18.2 Å². The fourth-order valence-electron chi connectivity index (χ4n) is 1.89. The van der Waals surface area contributed by atoms with Crippen LogP contribution in [0.3, 0.4) is 0 Å². The Morgan fingerprint density at radius 2 is 1.88 bits per heavy atom. The Labute approximate surface area is 102 Å². The highest BCUT2D eigenvalue weighted by Gasteiger charge is 2.11. The third-order valence-corrected chi connectivity index (χ3v) is 2.65. The Morgan fingerprint density at radius 3 is 2.35 bits per heavy atom. The summed E-state index contributed by atoms with van der Waals surface area (Å²) in [5.41, 5.74) is 4.16. The molecule has 1 N–H and O–H groups in total. The van der Waals surface area contributed by atoms with Crippen LogP contribution in [-0.4, -0.2) is 5.91 Å². The number of carbonyl (C=O) groups excluding carboxylic acids is 1. The lowest BCUT2D eigenvalue weighted by atomic mass is 10.0. The molecule has 0 aromatic heterocycles. The van der Waals surface area contributed by atoms with Crippen molar-refractivity contribution in [1.82, 2.24) is 0 Å². The van der Waals surface area contributed by atoms with Gasteiger partial charge in [0.15, 0.2) is 0 Å². The lowest BCUT2D eigenvalue weighted by Crippen LogP contribution is -2.16. The molecule has 0 saturated carbocycles. The smallest absolute Gasteiger partial charge is 0.225 e. The van der Waals surface area contributed by atoms with Crippen molar-refractivity contribution in [3.05, 3.63) is 28.8 Å². The van der Waals surface area contributed by atoms with Crippen molar-refractivity contribution in [3.63, 3.8) is 0 Å². The SMILES string of the molecule is Cc1cc(C)c(NC(=O)CC(C)C#N)c(C)c1. The molecule has 0 spiro atoms. The Kier molecular flexibility index (Phi) is 4.28. The molecular weight excluding hydrogens is 212 g/mol. The van der Waals surface area contributed by atoms with E-state index in [4.69, 9.17) is 5.26 Å². The second kappa shape index (κ2) is 5.49. The zero-order valence-corrected chi connectivity index (χ0v) is 10.8. The molecule has 1 unspecified atom stereocenters. The van der Waals surface area contributed by atoms with Crippen molar-refractivity contribution in [2.45, 2.75) is 34.1 Å². The molecule has 0 radical (unpaired) electrons. The number of hydrogen-bond donors (Lipinski definition) is 1. The molecule has 0 fully saturated rings. The van der Waals surface area contributed by atoms with Crippen LogP contribution in [-0.2, 0) is 4.79 Å². The Balaban J connectivity index is 2.83. The van der Waals surface area contributed by atoms with Gasteiger partial charge in [-0.2, -0.15) is 5.26 Å². The molecule has 1 aromatic rings. The average molecular weight is 230 g/mol. The molecule has 1 amide bonds. The minimum absolute atomic E-state index is 0.103. The number of benzene rings is 1. The van der Waals surface area contributed by atoms with Crippen molar-refractivity contribution in [2.75, 3.05) is 5.32 Å². The van der Waals surface area contributed by atoms with Gasteiger partial charge in [0.25, 0.3) is 0 Å². The van der Waals surface area contributed by atoms with E-state index in [0.717, 1.165) is 16.8 Å². The zero-order valence-electron chi connectivity index (χ0n) is 10.8. The minimum Gasteiger partial charge on any atom is -0.326 e. The summed E-state index contributed by atoms with van der Waals surface area (Å²) in [5, 5.41) is 11.5. The Hall–Kier alpha value is -1.82. The molecule has 0 aliphatic heterocycles. The van der Waals surface area contributed by atoms with E-state index in [9.17, 15) is 4.79 Å². The monoisotopic (exact) mass is 230 g/mol. The summed E-state index contributed by atoms with van der Waals surface area (Å²) in [6.07, 6.45) is 0.239. The average Bonchev–Trinajstić information content (AvgIpc) is 2.23. The summed E-state index contributed by atoms with van der Waals surface area (Å²) in [4.78, 5) is 11.7. The number of rotatable bonds is 3. The first-order chi connectivity index (χ1) is 7.93. The van der Waals surface area contributed by atoms with Crippen LogP contribution < -0.4 is 5.32 Å². The Morgan fingerprint density at radius 1 is 1.35 bits per heavy atom. The van der Waals surface area contributed by atoms with Gasteiger partial charge in [-0.1, -0.05) is 17.7 Å². The van der Waals surface area contributed by atoms with Crippen LogP contribution in [0.2, 0.25) is 0 Å². The van der Waals surface area contributed by atoms with Gasteiger partial charge >= 0.3 is 0 Å². The quantitative estimate of drug-likeness (QED) is 0.867. The van der Waals surface area contributed by atoms with Crippen molar-refractivity contribution in [3.8, 4) is 6.07 Å². The highest BCUT2D eigenvalue weighted by atomic mass is 16.1. The number of carbonyl (C=O) groups is 1. The van der Waals surface area contributed by atoms with Crippen LogP contribution in [0.15, 0.2) is 12.1 Å². The maximum Gasteiger partial charge on any atom is 0.225 e. The van der Waals surface area contributed by atoms with Crippen molar-refractivity contribution < 1.29 is 4.79 Å². The second-order valence-corrected chi connectivity index (χ2v) is 4.56. The largest absolute Gasteiger partial charge is 0.326 e. The molecule has 1 atom stereocenters. The first-order valence-electron chi connectivity index (χ1n) is 5.71. The number of amides is 1. The molecule has 0 aliphatic carbocycles. The molecule has 3 heteroatoms. The van der Waals surface area contributed by atoms with Gasteiger partial charge < -0.3 is 5.32 Å². The van der Waals surface area contributed by atoms with Crippen LogP contribution in [0, 0.1) is 38.0 Å². The van der Waals surface area contributed by atoms with Gasteiger partial charge in [-0.25, -0.2) is 0 Å². The highest BCUT2D eigenvalue weighted by molar-refractivity contribution is 5.92. The van der Waals surface area contributed by atoms with E-state index in [0.29, 0.717) is 0 Å². The van der Waals surface area contributed by atoms with Gasteiger partial charge in [0.1, 0.15) is 0 Å². The van der Waals surface area contributed by atoms with Crippen molar-refractivity contribution >= 4 is 11.6 Å². The third kappa shape index (κ3) is 3.60. The van der Waals surface area contributed by atoms with Crippen LogP contribution in [0.5, 0.6) is 0 Å². The van der Waals surface area contributed by atoms with E-state index in [1.807, 2.05) is 32.9 Å². The van der Waals surface area contributed by atoms with Gasteiger partial charge in [0, 0.05) is 12.1 Å². The van der Waals surface area contributed by atoms with Crippen LogP contribution >= 0.6 is 0 Å². The van der Waals surface area contributed by atoms with Gasteiger partial charge in [0.2, 0.25) is 5.91 Å². The molecule has 3 nitrogen and oxygen atoms in total. The summed E-state index contributed by atoms with van der Waals surface area (Å²) in [6.45, 7) is 7.73. The molecule has 0 aliphatic rings. The maximum absolute atomic E-state index is 11.7. The second-order valence-electron chi connectivity index (χ2n) is 4.56. The van der Waals surface area contributed by atoms with E-state index >= 15 is 0 Å². The van der Waals surface area contributed by atoms with Gasteiger partial charge in [-0.3, -0.25) is 4.79 Å². The fourth-order valence-corrected chi connectivity index (χ4v) is 1.89. The van der Waals surface area contributed by atoms with Crippen molar-refractivity contribution in [1.29, 1.82) is 5.26 Å². The number of nitriles is 1. The first kappa shape index (κ1) is 13.2. The summed E-state index contributed by atoms with van der Waals surface area (Å²) in [6, 6.07) is 6.14. The van der Waals surface area contributed by atoms with Gasteiger partial charge in [-0.15, -0.1) is 0 Å². The number of nitrogens with one attached hydrogen (secondary N) is 1. The minimum atomic E-state index is -0.249. The molecule has 0 heterocycles. The van der Waals surface area contributed by atoms with Gasteiger partial charge in [0.05, 0.1) is 12.0 Å². The van der Waals surface area contributed by atoms with E-state index in [2.05, 4.69) is 11.4 Å². The summed E-state index contributed by atoms with van der Waals surface area (Å²) in [7, 11) is 0. The topological polar surface area (TPSA) is 52.9 Å². The summed E-state index contributed by atoms with van der Waals surface area (Å²) >= 11 is 0. The number of aryl methyl sites for hydroxylation is 3. The Bertz CT molecular complexity index is 449. The third-order valence-electron chi connectivity index (χ3n) is 2.65. The number of anilines is 1. The molecular formula is C14H18N2O. The fraction of sp³-hybridized carbons (Fsp3) is 0.429. The van der Waals surface area contributed by atoms with E-state index in [1.54, 1.807) is 6.92 Å². The van der Waals surface area contributed by atoms with E-state index in [1.165, 1.54) is 5.56 Å². The van der Waals surface area contributed by atoms with E-state index < -0.39 is 0 Å². The molecule has 0 saturated heterocycles. The lowest BCUT2D eigenvalue weighted by molar-refractivity contribution is -0.116. The standard InChI is InChI=1S/C14H18N2O/c1-9-5-11(3)14(12(4)6-9)16-13(17)7-10(2)8-15/h5-6,10H,7H2,1-4H3,(H,16,17). The number of nitrogens with zero attached hydrogens (tertiary/aromatic N) is 1. The summed E-state index contributed by atoms with van der Waals surface area (Å²) in [5.74, 6) is -0.352. The lowest BCUT2D eigenvalue weighted by Gasteiger charge is -2.13. The normalized spacial score (nSPS) is 11.7. The highest BCUT2D eigenvalue weighted by Crippen LogP contribution is 2.22. The van der Waals surface area contributed by atoms with Crippen LogP contribution in [0.1, 0.15) is 30.0 Å². The maximum atomic E-state index is 11.7. The number of hydrogen-bond acceptors (Lipinski definition) is 2. The van der Waals surface area contributed by atoms with Gasteiger partial charge in [-0.05, 0) is 38.8 Å².